The quantitative estimate of drug-likeness (QED) is 0.573. The highest BCUT2D eigenvalue weighted by Crippen LogP contribution is 2.24. The fourth-order valence-electron chi connectivity index (χ4n) is 4.00. The summed E-state index contributed by atoms with van der Waals surface area (Å²) in [5, 5.41) is 5.38. The molecule has 1 aliphatic rings. The van der Waals surface area contributed by atoms with Crippen molar-refractivity contribution in [3.05, 3.63) is 47.7 Å². The van der Waals surface area contributed by atoms with Gasteiger partial charge in [0.15, 0.2) is 0 Å². The van der Waals surface area contributed by atoms with Gasteiger partial charge in [-0.25, -0.2) is 4.98 Å². The average Bonchev–Trinajstić information content (AvgIpc) is 2.80. The Hall–Kier alpha value is -2.64. The van der Waals surface area contributed by atoms with E-state index in [4.69, 9.17) is 16.6 Å². The molecule has 0 radical (unpaired) electrons. The van der Waals surface area contributed by atoms with E-state index >= 15 is 0 Å². The normalized spacial score (nSPS) is 14.7. The van der Waals surface area contributed by atoms with Crippen LogP contribution in [0.5, 0.6) is 0 Å². The van der Waals surface area contributed by atoms with Crippen LogP contribution in [-0.2, 0) is 0 Å². The number of hydrogen-bond acceptors (Lipinski definition) is 7. The molecule has 0 bridgehead atoms. The average molecular weight is 440 g/mol. The van der Waals surface area contributed by atoms with Crippen LogP contribution < -0.4 is 15.1 Å². The number of fused-ring (bicyclic) bond motifs is 1. The van der Waals surface area contributed by atoms with Crippen LogP contribution in [0.25, 0.3) is 10.9 Å². The van der Waals surface area contributed by atoms with Gasteiger partial charge in [0, 0.05) is 80.8 Å². The third-order valence-electron chi connectivity index (χ3n) is 5.82. The monoisotopic (exact) mass is 439 g/mol. The van der Waals surface area contributed by atoms with E-state index in [1.165, 1.54) is 0 Å². The number of piperazine rings is 1. The summed E-state index contributed by atoms with van der Waals surface area (Å²) in [6.07, 6.45) is 3.70. The van der Waals surface area contributed by atoms with Crippen LogP contribution in [0.4, 0.5) is 17.5 Å². The third-order valence-corrected chi connectivity index (χ3v) is 6.05. The molecule has 4 rings (SSSR count). The Morgan fingerprint density at radius 2 is 1.77 bits per heavy atom. The summed E-state index contributed by atoms with van der Waals surface area (Å²) in [4.78, 5) is 20.7. The van der Waals surface area contributed by atoms with Gasteiger partial charge in [0.05, 0.1) is 5.52 Å². The first-order valence-electron chi connectivity index (χ1n) is 11.0. The van der Waals surface area contributed by atoms with E-state index in [0.29, 0.717) is 5.02 Å². The van der Waals surface area contributed by atoms with Crippen molar-refractivity contribution in [3.8, 4) is 0 Å². The van der Waals surface area contributed by atoms with Crippen LogP contribution in [0.15, 0.2) is 42.7 Å². The molecule has 3 aromatic rings. The minimum atomic E-state index is 0.711. The van der Waals surface area contributed by atoms with Crippen molar-refractivity contribution in [1.29, 1.82) is 0 Å². The van der Waals surface area contributed by atoms with Gasteiger partial charge in [-0.15, -0.1) is 0 Å². The van der Waals surface area contributed by atoms with E-state index in [-0.39, 0.29) is 0 Å². The van der Waals surface area contributed by atoms with Crippen molar-refractivity contribution >= 4 is 40.0 Å². The minimum absolute atomic E-state index is 0.711. The summed E-state index contributed by atoms with van der Waals surface area (Å²) < 4.78 is 0. The van der Waals surface area contributed by atoms with Gasteiger partial charge in [0.25, 0.3) is 0 Å². The Bertz CT molecular complexity index is 1000. The SMILES string of the molecule is CCN(CC)c1nccc(N2CCN(CCNc3ccnc4cc(Cl)ccc34)CC2)n1. The molecule has 0 spiro atoms. The fourth-order valence-corrected chi connectivity index (χ4v) is 4.17. The number of aromatic nitrogens is 3. The van der Waals surface area contributed by atoms with Gasteiger partial charge in [0.1, 0.15) is 5.82 Å². The number of halogens is 1. The lowest BCUT2D eigenvalue weighted by atomic mass is 10.2. The molecule has 7 nitrogen and oxygen atoms in total. The molecular weight excluding hydrogens is 410 g/mol. The molecule has 31 heavy (non-hydrogen) atoms. The maximum Gasteiger partial charge on any atom is 0.227 e. The van der Waals surface area contributed by atoms with E-state index < -0.39 is 0 Å². The molecule has 0 unspecified atom stereocenters. The molecule has 0 amide bonds. The summed E-state index contributed by atoms with van der Waals surface area (Å²) in [6, 6.07) is 9.89. The van der Waals surface area contributed by atoms with Crippen molar-refractivity contribution in [1.82, 2.24) is 19.9 Å². The second-order valence-corrected chi connectivity index (χ2v) is 8.10. The first kappa shape index (κ1) is 21.6. The molecule has 2 aromatic heterocycles. The first-order valence-corrected chi connectivity index (χ1v) is 11.4. The number of benzene rings is 1. The Morgan fingerprint density at radius 3 is 2.55 bits per heavy atom. The molecule has 1 N–H and O–H groups in total. The topological polar surface area (TPSA) is 60.4 Å². The second kappa shape index (κ2) is 10.1. The maximum atomic E-state index is 6.09. The molecule has 1 aliphatic heterocycles. The Labute approximate surface area is 189 Å². The summed E-state index contributed by atoms with van der Waals surface area (Å²) in [7, 11) is 0. The Balaban J connectivity index is 1.29. The van der Waals surface area contributed by atoms with Crippen molar-refractivity contribution < 1.29 is 0 Å². The van der Waals surface area contributed by atoms with Crippen molar-refractivity contribution in [2.24, 2.45) is 0 Å². The number of hydrogen-bond donors (Lipinski definition) is 1. The number of nitrogens with zero attached hydrogens (tertiary/aromatic N) is 6. The minimum Gasteiger partial charge on any atom is -0.383 e. The molecule has 1 fully saturated rings. The summed E-state index contributed by atoms with van der Waals surface area (Å²) in [5.74, 6) is 1.84. The van der Waals surface area contributed by atoms with Crippen LogP contribution in [-0.4, -0.2) is 72.2 Å². The smallest absolute Gasteiger partial charge is 0.227 e. The van der Waals surface area contributed by atoms with Gasteiger partial charge in [0.2, 0.25) is 5.95 Å². The standard InChI is InChI=1S/C23H30ClN7/c1-3-30(4-2)23-27-10-8-22(28-23)31-15-13-29(14-16-31)12-11-26-20-7-9-25-21-17-18(24)5-6-19(20)21/h5-10,17H,3-4,11-16H2,1-2H3,(H,25,26). The lowest BCUT2D eigenvalue weighted by Crippen LogP contribution is -2.48. The van der Waals surface area contributed by atoms with E-state index in [2.05, 4.69) is 43.8 Å². The van der Waals surface area contributed by atoms with Crippen LogP contribution in [0.3, 0.4) is 0 Å². The van der Waals surface area contributed by atoms with Gasteiger partial charge in [-0.1, -0.05) is 11.6 Å². The molecule has 0 aliphatic carbocycles. The molecule has 164 valence electrons. The lowest BCUT2D eigenvalue weighted by molar-refractivity contribution is 0.266. The van der Waals surface area contributed by atoms with Crippen LogP contribution in [0, 0.1) is 0 Å². The Kier molecular flexibility index (Phi) is 7.04. The number of rotatable bonds is 8. The van der Waals surface area contributed by atoms with Gasteiger partial charge >= 0.3 is 0 Å². The first-order chi connectivity index (χ1) is 15.2. The highest BCUT2D eigenvalue weighted by molar-refractivity contribution is 6.31. The van der Waals surface area contributed by atoms with E-state index in [1.54, 1.807) is 0 Å². The molecule has 0 saturated carbocycles. The highest BCUT2D eigenvalue weighted by Gasteiger charge is 2.19. The van der Waals surface area contributed by atoms with Crippen LogP contribution in [0.2, 0.25) is 5.02 Å². The maximum absolute atomic E-state index is 6.09. The zero-order chi connectivity index (χ0) is 21.6. The zero-order valence-electron chi connectivity index (χ0n) is 18.3. The van der Waals surface area contributed by atoms with Gasteiger partial charge in [-0.05, 0) is 44.2 Å². The van der Waals surface area contributed by atoms with E-state index in [0.717, 1.165) is 80.7 Å². The number of pyridine rings is 1. The molecule has 3 heterocycles. The summed E-state index contributed by atoms with van der Waals surface area (Å²) in [6.45, 7) is 12.0. The van der Waals surface area contributed by atoms with Gasteiger partial charge < -0.3 is 15.1 Å². The summed E-state index contributed by atoms with van der Waals surface area (Å²) in [5.41, 5.74) is 2.02. The molecule has 0 atom stereocenters. The van der Waals surface area contributed by atoms with Crippen molar-refractivity contribution in [2.45, 2.75) is 13.8 Å². The fraction of sp³-hybridized carbons (Fsp3) is 0.435. The number of nitrogens with one attached hydrogen (secondary N) is 1. The predicted octanol–water partition coefficient (Wildman–Crippen LogP) is 3.76. The van der Waals surface area contributed by atoms with E-state index in [1.807, 2.05) is 42.7 Å². The Morgan fingerprint density at radius 1 is 1.00 bits per heavy atom. The molecule has 1 saturated heterocycles. The van der Waals surface area contributed by atoms with Crippen molar-refractivity contribution in [3.63, 3.8) is 0 Å². The second-order valence-electron chi connectivity index (χ2n) is 7.66. The van der Waals surface area contributed by atoms with Gasteiger partial charge in [-0.3, -0.25) is 9.88 Å². The predicted molar refractivity (Wildman–Crippen MR) is 129 cm³/mol. The largest absolute Gasteiger partial charge is 0.383 e. The number of anilines is 3. The van der Waals surface area contributed by atoms with Crippen molar-refractivity contribution in [2.75, 3.05) is 67.5 Å². The van der Waals surface area contributed by atoms with Crippen LogP contribution in [0.1, 0.15) is 13.8 Å². The van der Waals surface area contributed by atoms with E-state index in [9.17, 15) is 0 Å². The molecule has 1 aromatic carbocycles. The van der Waals surface area contributed by atoms with Crippen LogP contribution >= 0.6 is 11.6 Å². The van der Waals surface area contributed by atoms with Gasteiger partial charge in [-0.2, -0.15) is 4.98 Å². The summed E-state index contributed by atoms with van der Waals surface area (Å²) >= 11 is 6.09. The molecule has 8 heteroatoms. The third kappa shape index (κ3) is 5.17. The molecular formula is C23H30ClN7. The highest BCUT2D eigenvalue weighted by atomic mass is 35.5. The zero-order valence-corrected chi connectivity index (χ0v) is 19.0. The lowest BCUT2D eigenvalue weighted by Gasteiger charge is -2.35.